The highest BCUT2D eigenvalue weighted by Gasteiger charge is 2.58. The third kappa shape index (κ3) is 3.63. The van der Waals surface area contributed by atoms with Gasteiger partial charge in [-0.05, 0) is 43.7 Å². The molecule has 3 rings (SSSR count). The maximum absolute atomic E-state index is 12.9. The lowest BCUT2D eigenvalue weighted by atomic mass is 10.0. The molecule has 2 amide bonds. The van der Waals surface area contributed by atoms with Crippen molar-refractivity contribution >= 4 is 23.2 Å². The highest BCUT2D eigenvalue weighted by Crippen LogP contribution is 2.48. The Bertz CT molecular complexity index is 629. The van der Waals surface area contributed by atoms with E-state index < -0.39 is 5.41 Å². The van der Waals surface area contributed by atoms with Crippen molar-refractivity contribution < 1.29 is 9.59 Å². The monoisotopic (exact) mass is 344 g/mol. The summed E-state index contributed by atoms with van der Waals surface area (Å²) in [5, 5.41) is 2.94. The molecule has 0 atom stereocenters. The van der Waals surface area contributed by atoms with Crippen LogP contribution in [0.3, 0.4) is 0 Å². The normalized spacial score (nSPS) is 19.4. The van der Waals surface area contributed by atoms with E-state index >= 15 is 0 Å². The zero-order chi connectivity index (χ0) is 18.0. The molecule has 2 aliphatic rings. The topological polar surface area (TPSA) is 55.9 Å². The Hall–Kier alpha value is -2.08. The number of hydrogen-bond donors (Lipinski definition) is 1. The number of benzene rings is 1. The van der Waals surface area contributed by atoms with Gasteiger partial charge in [0.15, 0.2) is 0 Å². The molecule has 1 saturated carbocycles. The number of rotatable bonds is 5. The van der Waals surface area contributed by atoms with Crippen LogP contribution < -0.4 is 10.2 Å². The zero-order valence-electron chi connectivity index (χ0n) is 15.4. The molecule has 0 aromatic heterocycles. The number of likely N-dealkylation sites (N-methyl/N-ethyl adjacent to an activating group) is 1. The van der Waals surface area contributed by atoms with Crippen molar-refractivity contribution in [2.45, 2.75) is 19.8 Å². The highest BCUT2D eigenvalue weighted by atomic mass is 16.2. The van der Waals surface area contributed by atoms with Gasteiger partial charge in [-0.1, -0.05) is 6.92 Å². The minimum absolute atomic E-state index is 0.00525. The van der Waals surface area contributed by atoms with Crippen LogP contribution in [0.15, 0.2) is 24.3 Å². The summed E-state index contributed by atoms with van der Waals surface area (Å²) < 4.78 is 0. The maximum atomic E-state index is 12.9. The Morgan fingerprint density at radius 2 is 1.68 bits per heavy atom. The predicted octanol–water partition coefficient (Wildman–Crippen LogP) is 1.64. The molecule has 1 heterocycles. The third-order valence-electron chi connectivity index (χ3n) is 5.34. The average Bonchev–Trinajstić information content (AvgIpc) is 3.43. The molecule has 2 fully saturated rings. The van der Waals surface area contributed by atoms with E-state index in [1.807, 2.05) is 48.2 Å². The highest BCUT2D eigenvalue weighted by molar-refractivity contribution is 6.13. The SMILES string of the molecule is CCN1CCN(C(=O)C2(C(=O)Nc3ccc(N(C)C)cc3)CC2)CC1. The summed E-state index contributed by atoms with van der Waals surface area (Å²) in [7, 11) is 3.95. The van der Waals surface area contributed by atoms with Gasteiger partial charge < -0.3 is 20.0 Å². The summed E-state index contributed by atoms with van der Waals surface area (Å²) in [5.74, 6) is -0.154. The van der Waals surface area contributed by atoms with Crippen LogP contribution >= 0.6 is 0 Å². The quantitative estimate of drug-likeness (QED) is 0.825. The summed E-state index contributed by atoms with van der Waals surface area (Å²) in [6.45, 7) is 6.38. The van der Waals surface area contributed by atoms with E-state index in [0.29, 0.717) is 12.8 Å². The van der Waals surface area contributed by atoms with Crippen molar-refractivity contribution in [1.29, 1.82) is 0 Å². The molecular weight excluding hydrogens is 316 g/mol. The van der Waals surface area contributed by atoms with Crippen LogP contribution in [0.1, 0.15) is 19.8 Å². The number of hydrogen-bond acceptors (Lipinski definition) is 4. The first-order valence-electron chi connectivity index (χ1n) is 9.07. The molecule has 1 saturated heterocycles. The molecule has 25 heavy (non-hydrogen) atoms. The van der Waals surface area contributed by atoms with E-state index in [9.17, 15) is 9.59 Å². The Labute approximate surface area is 149 Å². The first kappa shape index (κ1) is 17.7. The van der Waals surface area contributed by atoms with Gasteiger partial charge in [-0.3, -0.25) is 9.59 Å². The van der Waals surface area contributed by atoms with Gasteiger partial charge >= 0.3 is 0 Å². The second kappa shape index (κ2) is 7.04. The van der Waals surface area contributed by atoms with Crippen molar-refractivity contribution in [1.82, 2.24) is 9.80 Å². The van der Waals surface area contributed by atoms with Gasteiger partial charge in [0, 0.05) is 51.6 Å². The van der Waals surface area contributed by atoms with Crippen molar-refractivity contribution in [3.63, 3.8) is 0 Å². The molecule has 1 aromatic rings. The van der Waals surface area contributed by atoms with Crippen LogP contribution in [0.4, 0.5) is 11.4 Å². The van der Waals surface area contributed by atoms with Crippen molar-refractivity contribution in [2.24, 2.45) is 5.41 Å². The van der Waals surface area contributed by atoms with E-state index in [0.717, 1.165) is 44.1 Å². The van der Waals surface area contributed by atoms with E-state index in [-0.39, 0.29) is 11.8 Å². The molecule has 1 aromatic carbocycles. The fourth-order valence-electron chi connectivity index (χ4n) is 3.33. The Morgan fingerprint density at radius 3 is 2.16 bits per heavy atom. The van der Waals surface area contributed by atoms with Crippen LogP contribution in [0.2, 0.25) is 0 Å². The molecule has 1 N–H and O–H groups in total. The average molecular weight is 344 g/mol. The van der Waals surface area contributed by atoms with Gasteiger partial charge in [-0.25, -0.2) is 0 Å². The Balaban J connectivity index is 1.62. The zero-order valence-corrected chi connectivity index (χ0v) is 15.4. The fraction of sp³-hybridized carbons (Fsp3) is 0.579. The van der Waals surface area contributed by atoms with Crippen molar-refractivity contribution in [3.05, 3.63) is 24.3 Å². The largest absolute Gasteiger partial charge is 0.378 e. The number of anilines is 2. The summed E-state index contributed by atoms with van der Waals surface area (Å²) in [6, 6.07) is 7.68. The van der Waals surface area contributed by atoms with E-state index in [1.165, 1.54) is 0 Å². The molecular formula is C19H28N4O2. The number of amides is 2. The smallest absolute Gasteiger partial charge is 0.240 e. The number of carbonyl (C=O) groups is 2. The van der Waals surface area contributed by atoms with Crippen molar-refractivity contribution in [2.75, 3.05) is 57.0 Å². The standard InChI is InChI=1S/C19H28N4O2/c1-4-22-11-13-23(14-12-22)18(25)19(9-10-19)17(24)20-15-5-7-16(8-6-15)21(2)3/h5-8H,4,9-14H2,1-3H3,(H,20,24). The number of nitrogens with one attached hydrogen (secondary N) is 1. The van der Waals surface area contributed by atoms with Gasteiger partial charge in [0.1, 0.15) is 5.41 Å². The lowest BCUT2D eigenvalue weighted by Gasteiger charge is -2.35. The lowest BCUT2D eigenvalue weighted by molar-refractivity contribution is -0.143. The minimum Gasteiger partial charge on any atom is -0.378 e. The summed E-state index contributed by atoms with van der Waals surface area (Å²) in [6.07, 6.45) is 1.31. The summed E-state index contributed by atoms with van der Waals surface area (Å²) >= 11 is 0. The van der Waals surface area contributed by atoms with Crippen LogP contribution in [0.25, 0.3) is 0 Å². The number of piperazine rings is 1. The Morgan fingerprint density at radius 1 is 1.08 bits per heavy atom. The lowest BCUT2D eigenvalue weighted by Crippen LogP contribution is -2.52. The van der Waals surface area contributed by atoms with Gasteiger partial charge in [-0.2, -0.15) is 0 Å². The molecule has 1 aliphatic carbocycles. The first-order chi connectivity index (χ1) is 12.0. The number of carbonyl (C=O) groups excluding carboxylic acids is 2. The number of nitrogens with zero attached hydrogens (tertiary/aromatic N) is 3. The molecule has 136 valence electrons. The molecule has 6 heteroatoms. The van der Waals surface area contributed by atoms with Crippen molar-refractivity contribution in [3.8, 4) is 0 Å². The summed E-state index contributed by atoms with van der Waals surface area (Å²) in [5.41, 5.74) is 0.976. The minimum atomic E-state index is -0.839. The van der Waals surface area contributed by atoms with Crippen LogP contribution in [-0.4, -0.2) is 68.4 Å². The molecule has 6 nitrogen and oxygen atoms in total. The predicted molar refractivity (Wildman–Crippen MR) is 99.8 cm³/mol. The van der Waals surface area contributed by atoms with Gasteiger partial charge in [0.2, 0.25) is 11.8 Å². The summed E-state index contributed by atoms with van der Waals surface area (Å²) in [4.78, 5) is 31.8. The molecule has 0 spiro atoms. The second-order valence-electron chi connectivity index (χ2n) is 7.20. The van der Waals surface area contributed by atoms with E-state index in [1.54, 1.807) is 0 Å². The van der Waals surface area contributed by atoms with Gasteiger partial charge in [0.05, 0.1) is 0 Å². The first-order valence-corrected chi connectivity index (χ1v) is 9.07. The Kier molecular flexibility index (Phi) is 4.99. The van der Waals surface area contributed by atoms with Gasteiger partial charge in [-0.15, -0.1) is 0 Å². The molecule has 0 radical (unpaired) electrons. The molecule has 0 unspecified atom stereocenters. The van der Waals surface area contributed by atoms with Crippen LogP contribution in [0.5, 0.6) is 0 Å². The molecule has 1 aliphatic heterocycles. The van der Waals surface area contributed by atoms with Gasteiger partial charge in [0.25, 0.3) is 0 Å². The second-order valence-corrected chi connectivity index (χ2v) is 7.20. The van der Waals surface area contributed by atoms with Crippen LogP contribution in [0, 0.1) is 5.41 Å². The third-order valence-corrected chi connectivity index (χ3v) is 5.34. The molecule has 0 bridgehead atoms. The van der Waals surface area contributed by atoms with E-state index in [2.05, 4.69) is 17.1 Å². The fourth-order valence-corrected chi connectivity index (χ4v) is 3.33. The van der Waals surface area contributed by atoms with Crippen LogP contribution in [-0.2, 0) is 9.59 Å². The van der Waals surface area contributed by atoms with E-state index in [4.69, 9.17) is 0 Å². The maximum Gasteiger partial charge on any atom is 0.240 e.